The molecule has 1 aromatic carbocycles. The standard InChI is InChI=1S/C8H10FNO/c1-5-2-6(11)3-8(9)7(5)4-10/h2-3,11H,4,10H2,1H3. The van der Waals surface area contributed by atoms with Crippen molar-refractivity contribution < 1.29 is 9.50 Å². The SMILES string of the molecule is Cc1cc(O)cc(F)c1CN. The predicted molar refractivity (Wildman–Crippen MR) is 40.7 cm³/mol. The Morgan fingerprint density at radius 2 is 2.18 bits per heavy atom. The maximum absolute atomic E-state index is 12.9. The summed E-state index contributed by atoms with van der Waals surface area (Å²) in [6, 6.07) is 2.56. The molecule has 0 saturated heterocycles. The van der Waals surface area contributed by atoms with Crippen LogP contribution in [0.5, 0.6) is 5.75 Å². The highest BCUT2D eigenvalue weighted by Gasteiger charge is 2.04. The normalized spacial score (nSPS) is 10.1. The molecule has 0 heterocycles. The first-order valence-electron chi connectivity index (χ1n) is 3.33. The fraction of sp³-hybridized carbons (Fsp3) is 0.250. The number of aromatic hydroxyl groups is 1. The van der Waals surface area contributed by atoms with Crippen molar-refractivity contribution in [2.24, 2.45) is 5.73 Å². The average Bonchev–Trinajstić information content (AvgIpc) is 1.85. The molecule has 0 amide bonds. The molecule has 1 rings (SSSR count). The molecule has 0 atom stereocenters. The van der Waals surface area contributed by atoms with E-state index < -0.39 is 5.82 Å². The molecule has 0 spiro atoms. The van der Waals surface area contributed by atoms with Crippen LogP contribution in [0.3, 0.4) is 0 Å². The van der Waals surface area contributed by atoms with Gasteiger partial charge in [-0.1, -0.05) is 0 Å². The van der Waals surface area contributed by atoms with Gasteiger partial charge in [0.1, 0.15) is 11.6 Å². The van der Waals surface area contributed by atoms with Gasteiger partial charge in [0.25, 0.3) is 0 Å². The van der Waals surface area contributed by atoms with Gasteiger partial charge in [-0.25, -0.2) is 4.39 Å². The molecule has 0 fully saturated rings. The summed E-state index contributed by atoms with van der Waals surface area (Å²) in [6.45, 7) is 1.88. The van der Waals surface area contributed by atoms with Crippen LogP contribution in [-0.4, -0.2) is 5.11 Å². The fourth-order valence-electron chi connectivity index (χ4n) is 1.01. The van der Waals surface area contributed by atoms with Crippen molar-refractivity contribution in [1.29, 1.82) is 0 Å². The van der Waals surface area contributed by atoms with E-state index in [0.717, 1.165) is 6.07 Å². The summed E-state index contributed by atoms with van der Waals surface area (Å²) in [5.41, 5.74) is 6.43. The van der Waals surface area contributed by atoms with Crippen LogP contribution < -0.4 is 5.73 Å². The van der Waals surface area contributed by atoms with E-state index in [4.69, 9.17) is 10.8 Å². The number of hydrogen-bond acceptors (Lipinski definition) is 2. The molecule has 1 aromatic rings. The van der Waals surface area contributed by atoms with Gasteiger partial charge in [0.2, 0.25) is 0 Å². The second-order valence-electron chi connectivity index (χ2n) is 2.43. The molecule has 0 aliphatic carbocycles. The number of benzene rings is 1. The van der Waals surface area contributed by atoms with Crippen molar-refractivity contribution in [3.8, 4) is 5.75 Å². The Hall–Kier alpha value is -1.09. The molecular weight excluding hydrogens is 145 g/mol. The summed E-state index contributed by atoms with van der Waals surface area (Å²) in [6.07, 6.45) is 0. The lowest BCUT2D eigenvalue weighted by molar-refractivity contribution is 0.467. The zero-order valence-corrected chi connectivity index (χ0v) is 6.26. The van der Waals surface area contributed by atoms with Gasteiger partial charge < -0.3 is 10.8 Å². The number of nitrogens with two attached hydrogens (primary N) is 1. The van der Waals surface area contributed by atoms with Crippen molar-refractivity contribution in [2.45, 2.75) is 13.5 Å². The predicted octanol–water partition coefficient (Wildman–Crippen LogP) is 1.30. The summed E-state index contributed by atoms with van der Waals surface area (Å²) < 4.78 is 12.9. The highest BCUT2D eigenvalue weighted by Crippen LogP contribution is 2.19. The molecule has 2 nitrogen and oxygen atoms in total. The lowest BCUT2D eigenvalue weighted by atomic mass is 10.1. The molecule has 0 unspecified atom stereocenters. The third-order valence-electron chi connectivity index (χ3n) is 1.61. The van der Waals surface area contributed by atoms with E-state index in [0.29, 0.717) is 11.1 Å². The van der Waals surface area contributed by atoms with E-state index in [2.05, 4.69) is 0 Å². The molecule has 0 aromatic heterocycles. The molecule has 0 bridgehead atoms. The van der Waals surface area contributed by atoms with Gasteiger partial charge in [-0.15, -0.1) is 0 Å². The van der Waals surface area contributed by atoms with Crippen molar-refractivity contribution in [2.75, 3.05) is 0 Å². The summed E-state index contributed by atoms with van der Waals surface area (Å²) in [7, 11) is 0. The Kier molecular flexibility index (Phi) is 2.10. The summed E-state index contributed by atoms with van der Waals surface area (Å²) in [5.74, 6) is -0.498. The number of phenols is 1. The smallest absolute Gasteiger partial charge is 0.131 e. The monoisotopic (exact) mass is 155 g/mol. The third kappa shape index (κ3) is 1.49. The zero-order chi connectivity index (χ0) is 8.43. The molecule has 11 heavy (non-hydrogen) atoms. The van der Waals surface area contributed by atoms with Crippen LogP contribution in [0, 0.1) is 12.7 Å². The van der Waals surface area contributed by atoms with Gasteiger partial charge in [-0.2, -0.15) is 0 Å². The Morgan fingerprint density at radius 1 is 1.55 bits per heavy atom. The lowest BCUT2D eigenvalue weighted by Gasteiger charge is -2.04. The van der Waals surface area contributed by atoms with Gasteiger partial charge in [0, 0.05) is 18.2 Å². The van der Waals surface area contributed by atoms with Crippen molar-refractivity contribution in [3.05, 3.63) is 29.1 Å². The van der Waals surface area contributed by atoms with Crippen LogP contribution >= 0.6 is 0 Å². The van der Waals surface area contributed by atoms with Gasteiger partial charge in [-0.3, -0.25) is 0 Å². The summed E-state index contributed by atoms with van der Waals surface area (Å²) >= 11 is 0. The second-order valence-corrected chi connectivity index (χ2v) is 2.43. The molecular formula is C8H10FNO. The fourth-order valence-corrected chi connectivity index (χ4v) is 1.01. The third-order valence-corrected chi connectivity index (χ3v) is 1.61. The maximum Gasteiger partial charge on any atom is 0.131 e. The Balaban J connectivity index is 3.25. The lowest BCUT2D eigenvalue weighted by Crippen LogP contribution is -2.02. The summed E-state index contributed by atoms with van der Waals surface area (Å²) in [5, 5.41) is 8.93. The molecule has 3 heteroatoms. The Labute approximate surface area is 64.5 Å². The van der Waals surface area contributed by atoms with Gasteiger partial charge in [-0.05, 0) is 18.6 Å². The van der Waals surface area contributed by atoms with Crippen LogP contribution in [0.25, 0.3) is 0 Å². The zero-order valence-electron chi connectivity index (χ0n) is 6.26. The van der Waals surface area contributed by atoms with Gasteiger partial charge in [0.05, 0.1) is 0 Å². The minimum Gasteiger partial charge on any atom is -0.508 e. The van der Waals surface area contributed by atoms with Crippen LogP contribution in [0.4, 0.5) is 4.39 Å². The van der Waals surface area contributed by atoms with E-state index in [1.54, 1.807) is 6.92 Å². The maximum atomic E-state index is 12.9. The molecule has 3 N–H and O–H groups in total. The van der Waals surface area contributed by atoms with E-state index in [-0.39, 0.29) is 12.3 Å². The highest BCUT2D eigenvalue weighted by molar-refractivity contribution is 5.35. The second kappa shape index (κ2) is 2.88. The molecule has 0 aliphatic rings. The highest BCUT2D eigenvalue weighted by atomic mass is 19.1. The first-order valence-corrected chi connectivity index (χ1v) is 3.33. The molecule has 0 saturated carbocycles. The number of rotatable bonds is 1. The quantitative estimate of drug-likeness (QED) is 0.642. The average molecular weight is 155 g/mol. The number of hydrogen-bond donors (Lipinski definition) is 2. The van der Waals surface area contributed by atoms with Crippen molar-refractivity contribution >= 4 is 0 Å². The number of halogens is 1. The van der Waals surface area contributed by atoms with E-state index in [1.807, 2.05) is 0 Å². The van der Waals surface area contributed by atoms with Crippen molar-refractivity contribution in [3.63, 3.8) is 0 Å². The van der Waals surface area contributed by atoms with E-state index in [9.17, 15) is 4.39 Å². The topological polar surface area (TPSA) is 46.2 Å². The largest absolute Gasteiger partial charge is 0.508 e. The van der Waals surface area contributed by atoms with Crippen LogP contribution in [0.2, 0.25) is 0 Å². The molecule has 60 valence electrons. The summed E-state index contributed by atoms with van der Waals surface area (Å²) in [4.78, 5) is 0. The number of aryl methyl sites for hydroxylation is 1. The Morgan fingerprint density at radius 3 is 2.64 bits per heavy atom. The van der Waals surface area contributed by atoms with Crippen LogP contribution in [0.1, 0.15) is 11.1 Å². The molecule has 0 radical (unpaired) electrons. The van der Waals surface area contributed by atoms with Gasteiger partial charge in [0.15, 0.2) is 0 Å². The minimum absolute atomic E-state index is 0.0581. The molecule has 0 aliphatic heterocycles. The van der Waals surface area contributed by atoms with E-state index >= 15 is 0 Å². The minimum atomic E-state index is -0.440. The van der Waals surface area contributed by atoms with E-state index in [1.165, 1.54) is 6.07 Å². The van der Waals surface area contributed by atoms with Gasteiger partial charge >= 0.3 is 0 Å². The van der Waals surface area contributed by atoms with Crippen LogP contribution in [-0.2, 0) is 6.54 Å². The first kappa shape index (κ1) is 8.01. The first-order chi connectivity index (χ1) is 5.15. The van der Waals surface area contributed by atoms with Crippen molar-refractivity contribution in [1.82, 2.24) is 0 Å². The Bertz CT molecular complexity index is 250. The van der Waals surface area contributed by atoms with Crippen LogP contribution in [0.15, 0.2) is 12.1 Å². The number of phenolic OH excluding ortho intramolecular Hbond substituents is 1.